The largest absolute Gasteiger partial charge is 0.323 e. The lowest BCUT2D eigenvalue weighted by Crippen LogP contribution is -2.07. The lowest BCUT2D eigenvalue weighted by Gasteiger charge is -2.05. The Kier molecular flexibility index (Phi) is 6.99. The van der Waals surface area contributed by atoms with Crippen LogP contribution in [0.1, 0.15) is 11.1 Å². The van der Waals surface area contributed by atoms with Crippen LogP contribution in [0.4, 0.5) is 5.69 Å². The summed E-state index contributed by atoms with van der Waals surface area (Å²) in [5, 5.41) is 3.91. The Morgan fingerprint density at radius 2 is 1.70 bits per heavy atom. The van der Waals surface area contributed by atoms with Gasteiger partial charge in [-0.25, -0.2) is 0 Å². The smallest absolute Gasteiger partial charge is 0.248 e. The summed E-state index contributed by atoms with van der Waals surface area (Å²) >= 11 is 13.7. The second-order valence-electron chi connectivity index (χ2n) is 5.79. The summed E-state index contributed by atoms with van der Waals surface area (Å²) in [4.78, 5) is 13.3. The number of rotatable bonds is 6. The number of benzene rings is 3. The molecule has 0 aromatic heterocycles. The van der Waals surface area contributed by atoms with E-state index >= 15 is 0 Å². The molecule has 3 aromatic carbocycles. The number of halogens is 2. The number of hydrogen-bond acceptors (Lipinski definition) is 2. The summed E-state index contributed by atoms with van der Waals surface area (Å²) in [5.74, 6) is 0.667. The van der Waals surface area contributed by atoms with Gasteiger partial charge in [-0.1, -0.05) is 59.6 Å². The Morgan fingerprint density at radius 1 is 0.963 bits per heavy atom. The molecule has 0 aliphatic heterocycles. The number of hydrogen-bond donors (Lipinski definition) is 1. The molecule has 1 amide bonds. The molecule has 1 N–H and O–H groups in total. The minimum atomic E-state index is -0.215. The predicted molar refractivity (Wildman–Crippen MR) is 117 cm³/mol. The van der Waals surface area contributed by atoms with Crippen LogP contribution in [0.3, 0.4) is 0 Å². The Balaban J connectivity index is 1.54. The molecular formula is C22H17Cl2NOS. The maximum absolute atomic E-state index is 12.1. The summed E-state index contributed by atoms with van der Waals surface area (Å²) in [6, 6.07) is 23.3. The molecule has 0 unspecified atom stereocenters. The lowest BCUT2D eigenvalue weighted by molar-refractivity contribution is -0.111. The average molecular weight is 414 g/mol. The number of nitrogens with one attached hydrogen (secondary N) is 1. The third kappa shape index (κ3) is 6.17. The highest BCUT2D eigenvalue weighted by atomic mass is 35.5. The zero-order chi connectivity index (χ0) is 19.1. The van der Waals surface area contributed by atoms with Gasteiger partial charge in [-0.15, -0.1) is 11.8 Å². The molecule has 0 aliphatic rings. The molecule has 0 saturated heterocycles. The topological polar surface area (TPSA) is 29.1 Å². The van der Waals surface area contributed by atoms with E-state index in [2.05, 4.69) is 17.4 Å². The van der Waals surface area contributed by atoms with Gasteiger partial charge in [0.1, 0.15) is 0 Å². The molecule has 0 spiro atoms. The minimum Gasteiger partial charge on any atom is -0.323 e. The molecule has 3 aromatic rings. The lowest BCUT2D eigenvalue weighted by atomic mass is 10.2. The number of amides is 1. The molecule has 2 nitrogen and oxygen atoms in total. The fourth-order valence-electron chi connectivity index (χ4n) is 2.35. The van der Waals surface area contributed by atoms with Crippen LogP contribution in [-0.2, 0) is 10.5 Å². The van der Waals surface area contributed by atoms with Crippen LogP contribution in [0.25, 0.3) is 6.08 Å². The highest BCUT2D eigenvalue weighted by molar-refractivity contribution is 7.98. The van der Waals surface area contributed by atoms with Gasteiger partial charge in [-0.3, -0.25) is 4.79 Å². The highest BCUT2D eigenvalue weighted by Gasteiger charge is 2.02. The molecule has 3 rings (SSSR count). The highest BCUT2D eigenvalue weighted by Crippen LogP contribution is 2.24. The van der Waals surface area contributed by atoms with E-state index in [4.69, 9.17) is 23.2 Å². The molecule has 0 bridgehead atoms. The Labute approximate surface area is 173 Å². The Hall–Kier alpha value is -2.20. The van der Waals surface area contributed by atoms with Crippen molar-refractivity contribution < 1.29 is 4.79 Å². The van der Waals surface area contributed by atoms with Crippen LogP contribution in [0.2, 0.25) is 10.0 Å². The number of carbonyl (C=O) groups excluding carboxylic acids is 1. The van der Waals surface area contributed by atoms with Gasteiger partial charge in [0.05, 0.1) is 0 Å². The molecule has 0 radical (unpaired) electrons. The molecule has 0 aliphatic carbocycles. The van der Waals surface area contributed by atoms with Gasteiger partial charge in [-0.05, 0) is 53.6 Å². The number of anilines is 1. The van der Waals surface area contributed by atoms with E-state index in [9.17, 15) is 4.79 Å². The fraction of sp³-hybridized carbons (Fsp3) is 0.0455. The van der Waals surface area contributed by atoms with E-state index in [1.54, 1.807) is 36.0 Å². The van der Waals surface area contributed by atoms with Gasteiger partial charge in [0.2, 0.25) is 5.91 Å². The van der Waals surface area contributed by atoms with Crippen LogP contribution >= 0.6 is 35.0 Å². The molecule has 0 saturated carbocycles. The van der Waals surface area contributed by atoms with Gasteiger partial charge < -0.3 is 5.32 Å². The molecule has 27 heavy (non-hydrogen) atoms. The van der Waals surface area contributed by atoms with Gasteiger partial charge in [-0.2, -0.15) is 0 Å². The second kappa shape index (κ2) is 9.65. The Morgan fingerprint density at radius 3 is 2.41 bits per heavy atom. The van der Waals surface area contributed by atoms with Crippen molar-refractivity contribution in [1.82, 2.24) is 0 Å². The van der Waals surface area contributed by atoms with Crippen LogP contribution in [-0.4, -0.2) is 5.91 Å². The summed E-state index contributed by atoms with van der Waals surface area (Å²) in [6.45, 7) is 0. The van der Waals surface area contributed by atoms with E-state index in [-0.39, 0.29) is 5.91 Å². The van der Waals surface area contributed by atoms with Crippen molar-refractivity contribution in [3.63, 3.8) is 0 Å². The van der Waals surface area contributed by atoms with Gasteiger partial charge in [0.15, 0.2) is 0 Å². The van der Waals surface area contributed by atoms with Crippen LogP contribution in [0.5, 0.6) is 0 Å². The first kappa shape index (κ1) is 19.6. The van der Waals surface area contributed by atoms with Crippen molar-refractivity contribution in [3.8, 4) is 0 Å². The SMILES string of the molecule is O=C(/C=C/c1ccc(Cl)cc1Cl)Nc1ccc(CSc2ccccc2)cc1. The van der Waals surface area contributed by atoms with Crippen LogP contribution < -0.4 is 5.32 Å². The van der Waals surface area contributed by atoms with Crippen molar-refractivity contribution in [2.75, 3.05) is 5.32 Å². The summed E-state index contributed by atoms with van der Waals surface area (Å²) in [6.07, 6.45) is 3.12. The fourth-order valence-corrected chi connectivity index (χ4v) is 3.70. The zero-order valence-electron chi connectivity index (χ0n) is 14.4. The van der Waals surface area contributed by atoms with Gasteiger partial charge in [0.25, 0.3) is 0 Å². The minimum absolute atomic E-state index is 0.215. The summed E-state index contributed by atoms with van der Waals surface area (Å²) in [5.41, 5.74) is 2.69. The molecular weight excluding hydrogens is 397 g/mol. The van der Waals surface area contributed by atoms with Crippen molar-refractivity contribution in [2.45, 2.75) is 10.6 Å². The zero-order valence-corrected chi connectivity index (χ0v) is 16.7. The third-order valence-corrected chi connectivity index (χ3v) is 5.39. The van der Waals surface area contributed by atoms with Crippen molar-refractivity contribution in [2.24, 2.45) is 0 Å². The summed E-state index contributed by atoms with van der Waals surface area (Å²) in [7, 11) is 0. The van der Waals surface area contributed by atoms with E-state index in [0.717, 1.165) is 17.0 Å². The maximum Gasteiger partial charge on any atom is 0.248 e. The van der Waals surface area contributed by atoms with Gasteiger partial charge in [0, 0.05) is 32.5 Å². The first-order valence-corrected chi connectivity index (χ1v) is 10.1. The van der Waals surface area contributed by atoms with E-state index in [0.29, 0.717) is 10.0 Å². The van der Waals surface area contributed by atoms with Crippen molar-refractivity contribution in [3.05, 3.63) is 100 Å². The normalized spacial score (nSPS) is 10.9. The van der Waals surface area contributed by atoms with Crippen molar-refractivity contribution >= 4 is 52.6 Å². The number of carbonyl (C=O) groups is 1. The molecule has 0 atom stereocenters. The molecule has 5 heteroatoms. The van der Waals surface area contributed by atoms with E-state index < -0.39 is 0 Å². The second-order valence-corrected chi connectivity index (χ2v) is 7.68. The third-order valence-electron chi connectivity index (χ3n) is 3.75. The first-order valence-electron chi connectivity index (χ1n) is 8.31. The predicted octanol–water partition coefficient (Wildman–Crippen LogP) is 6.94. The maximum atomic E-state index is 12.1. The number of thioether (sulfide) groups is 1. The van der Waals surface area contributed by atoms with Gasteiger partial charge >= 0.3 is 0 Å². The van der Waals surface area contributed by atoms with Crippen LogP contribution in [0, 0.1) is 0 Å². The average Bonchev–Trinajstić information content (AvgIpc) is 2.67. The summed E-state index contributed by atoms with van der Waals surface area (Å²) < 4.78 is 0. The monoisotopic (exact) mass is 413 g/mol. The quantitative estimate of drug-likeness (QED) is 0.350. The van der Waals surface area contributed by atoms with E-state index in [1.165, 1.54) is 16.5 Å². The Bertz CT molecular complexity index is 940. The van der Waals surface area contributed by atoms with Crippen LogP contribution in [0.15, 0.2) is 83.8 Å². The van der Waals surface area contributed by atoms with Crippen molar-refractivity contribution in [1.29, 1.82) is 0 Å². The molecule has 0 heterocycles. The first-order chi connectivity index (χ1) is 13.1. The molecule has 136 valence electrons. The van der Waals surface area contributed by atoms with E-state index in [1.807, 2.05) is 42.5 Å². The standard InChI is InChI=1S/C22H17Cl2NOS/c23-18-10-8-17(21(24)14-18)9-13-22(26)25-19-11-6-16(7-12-19)15-27-20-4-2-1-3-5-20/h1-14H,15H2,(H,25,26)/b13-9+. The molecule has 0 fully saturated rings.